The molecule has 0 spiro atoms. The van der Waals surface area contributed by atoms with E-state index in [0.717, 1.165) is 11.1 Å². The highest BCUT2D eigenvalue weighted by molar-refractivity contribution is 6.37. The van der Waals surface area contributed by atoms with Crippen molar-refractivity contribution in [2.24, 2.45) is 0 Å². The lowest BCUT2D eigenvalue weighted by atomic mass is 9.98. The highest BCUT2D eigenvalue weighted by atomic mass is 35.5. The average molecular weight is 650 g/mol. The van der Waals surface area contributed by atoms with Crippen LogP contribution in [0.3, 0.4) is 0 Å². The third kappa shape index (κ3) is 9.46. The first-order valence-corrected chi connectivity index (χ1v) is 14.1. The molecule has 42 heavy (non-hydrogen) atoms. The molecule has 0 N–H and O–H groups in total. The van der Waals surface area contributed by atoms with Crippen LogP contribution in [0.4, 0.5) is 0 Å². The predicted octanol–water partition coefficient (Wildman–Crippen LogP) is 10.0. The van der Waals surface area contributed by atoms with Crippen LogP contribution in [-0.2, 0) is 30.8 Å². The van der Waals surface area contributed by atoms with Gasteiger partial charge in [-0.1, -0.05) is 107 Å². The number of halogens is 4. The molecule has 0 heterocycles. The van der Waals surface area contributed by atoms with Gasteiger partial charge in [-0.05, 0) is 75.2 Å². The molecule has 4 aromatic carbocycles. The molecular formula is C32H28Cl4O6. The van der Waals surface area contributed by atoms with Gasteiger partial charge in [0.15, 0.2) is 0 Å². The molecule has 0 saturated carbocycles. The van der Waals surface area contributed by atoms with Gasteiger partial charge in [0, 0.05) is 10.0 Å². The van der Waals surface area contributed by atoms with E-state index in [-0.39, 0.29) is 21.2 Å². The summed E-state index contributed by atoms with van der Waals surface area (Å²) in [6.45, 7) is 8.01. The third-order valence-corrected chi connectivity index (χ3v) is 6.99. The van der Waals surface area contributed by atoms with Crippen LogP contribution in [0, 0.1) is 0 Å². The molecular weight excluding hydrogens is 622 g/mol. The average Bonchev–Trinajstić information content (AvgIpc) is 2.96. The number of hydrogen-bond acceptors (Lipinski definition) is 6. The molecule has 0 unspecified atom stereocenters. The maximum Gasteiger partial charge on any atom is 0.387 e. The van der Waals surface area contributed by atoms with E-state index >= 15 is 0 Å². The molecule has 6 nitrogen and oxygen atoms in total. The fourth-order valence-electron chi connectivity index (χ4n) is 3.46. The summed E-state index contributed by atoms with van der Waals surface area (Å²) in [5.74, 6) is -1.89. The van der Waals surface area contributed by atoms with Crippen molar-refractivity contribution in [1.29, 1.82) is 0 Å². The Balaban J connectivity index is 0.000000231. The molecule has 10 heteroatoms. The zero-order valence-corrected chi connectivity index (χ0v) is 26.2. The summed E-state index contributed by atoms with van der Waals surface area (Å²) in [5, 5.41) is 0.842. The van der Waals surface area contributed by atoms with E-state index in [4.69, 9.17) is 56.2 Å². The minimum Gasteiger partial charge on any atom is -0.241 e. The van der Waals surface area contributed by atoms with E-state index in [2.05, 4.69) is 9.78 Å². The predicted molar refractivity (Wildman–Crippen MR) is 165 cm³/mol. The van der Waals surface area contributed by atoms with Crippen LogP contribution in [0.1, 0.15) is 59.5 Å². The first-order valence-electron chi connectivity index (χ1n) is 12.6. The van der Waals surface area contributed by atoms with E-state index in [9.17, 15) is 9.59 Å². The number of rotatable bonds is 7. The Morgan fingerprint density at radius 1 is 0.524 bits per heavy atom. The molecule has 0 bridgehead atoms. The minimum absolute atomic E-state index is 0.000990. The lowest BCUT2D eigenvalue weighted by Crippen LogP contribution is -2.29. The highest BCUT2D eigenvalue weighted by Gasteiger charge is 2.29. The summed E-state index contributed by atoms with van der Waals surface area (Å²) in [4.78, 5) is 43.9. The van der Waals surface area contributed by atoms with Gasteiger partial charge in [-0.2, -0.15) is 0 Å². The quantitative estimate of drug-likeness (QED) is 0.147. The number of carbonyl (C=O) groups excluding carboxylic acids is 2. The second-order valence-corrected chi connectivity index (χ2v) is 11.6. The number of hydrogen-bond donors (Lipinski definition) is 0. The van der Waals surface area contributed by atoms with Crippen molar-refractivity contribution in [2.45, 2.75) is 38.9 Å². The maximum atomic E-state index is 11.8. The summed E-state index contributed by atoms with van der Waals surface area (Å²) in [5.41, 5.74) is 1.19. The van der Waals surface area contributed by atoms with Gasteiger partial charge < -0.3 is 0 Å². The number of benzene rings is 4. The zero-order valence-electron chi connectivity index (χ0n) is 23.2. The molecule has 0 aliphatic carbocycles. The topological polar surface area (TPSA) is 71.1 Å². The van der Waals surface area contributed by atoms with Gasteiger partial charge in [-0.15, -0.1) is 0 Å². The van der Waals surface area contributed by atoms with Crippen molar-refractivity contribution in [3.05, 3.63) is 139 Å². The largest absolute Gasteiger partial charge is 0.387 e. The summed E-state index contributed by atoms with van der Waals surface area (Å²) in [6.07, 6.45) is 0. The Labute approximate surface area is 264 Å². The molecule has 0 aliphatic rings. The first-order chi connectivity index (χ1) is 19.8. The molecule has 0 aliphatic heterocycles. The Morgan fingerprint density at radius 2 is 0.857 bits per heavy atom. The summed E-state index contributed by atoms with van der Waals surface area (Å²) in [6, 6.07) is 28.5. The standard InChI is InChI=1S/C18H22O2.C14H6Cl4O4/c1-17(2,15-11-7-5-8-12-15)19-20-18(3,4)16-13-9-6-10-14-16;15-7-1-3-9(11(17)5-7)13(19)21-22-14(20)10-4-2-8(16)6-12(10)18/h5-14H,1-4H3;1-6H. The molecule has 220 valence electrons. The van der Waals surface area contributed by atoms with Crippen LogP contribution in [0.2, 0.25) is 20.1 Å². The zero-order chi connectivity index (χ0) is 30.9. The monoisotopic (exact) mass is 648 g/mol. The van der Waals surface area contributed by atoms with Crippen LogP contribution in [0.15, 0.2) is 97.1 Å². The Hall–Kier alpha value is -3.10. The Bertz CT molecular complexity index is 1390. The first kappa shape index (κ1) is 33.4. The van der Waals surface area contributed by atoms with E-state index in [1.165, 1.54) is 36.4 Å². The van der Waals surface area contributed by atoms with Gasteiger partial charge in [-0.25, -0.2) is 29.1 Å². The second kappa shape index (κ2) is 14.9. The second-order valence-electron chi connectivity index (χ2n) is 9.91. The highest BCUT2D eigenvalue weighted by Crippen LogP contribution is 2.31. The van der Waals surface area contributed by atoms with Crippen molar-refractivity contribution in [1.82, 2.24) is 0 Å². The normalized spacial score (nSPS) is 11.2. The van der Waals surface area contributed by atoms with Gasteiger partial charge in [0.05, 0.1) is 21.2 Å². The maximum absolute atomic E-state index is 11.8. The van der Waals surface area contributed by atoms with Crippen molar-refractivity contribution in [3.8, 4) is 0 Å². The van der Waals surface area contributed by atoms with Crippen LogP contribution in [-0.4, -0.2) is 11.9 Å². The van der Waals surface area contributed by atoms with E-state index in [1.54, 1.807) is 0 Å². The molecule has 0 saturated heterocycles. The van der Waals surface area contributed by atoms with Crippen LogP contribution < -0.4 is 0 Å². The summed E-state index contributed by atoms with van der Waals surface area (Å²) >= 11 is 23.1. The van der Waals surface area contributed by atoms with Crippen LogP contribution >= 0.6 is 46.4 Å². The number of carbonyl (C=O) groups is 2. The lowest BCUT2D eigenvalue weighted by Gasteiger charge is -2.31. The van der Waals surface area contributed by atoms with Crippen LogP contribution in [0.25, 0.3) is 0 Å². The van der Waals surface area contributed by atoms with Gasteiger partial charge in [0.25, 0.3) is 0 Å². The van der Waals surface area contributed by atoms with Gasteiger partial charge in [0.1, 0.15) is 11.2 Å². The molecule has 0 aromatic heterocycles. The molecule has 0 fully saturated rings. The van der Waals surface area contributed by atoms with Gasteiger partial charge in [-0.3, -0.25) is 0 Å². The van der Waals surface area contributed by atoms with Crippen molar-refractivity contribution < 1.29 is 29.1 Å². The fraction of sp³-hybridized carbons (Fsp3) is 0.188. The molecule has 4 aromatic rings. The molecule has 0 atom stereocenters. The van der Waals surface area contributed by atoms with Crippen molar-refractivity contribution >= 4 is 58.3 Å². The van der Waals surface area contributed by atoms with Crippen molar-refractivity contribution in [3.63, 3.8) is 0 Å². The SMILES string of the molecule is CC(C)(OOC(C)(C)c1ccccc1)c1ccccc1.O=C(OOC(=O)c1ccc(Cl)cc1Cl)c1ccc(Cl)cc1Cl. The Kier molecular flexibility index (Phi) is 11.8. The summed E-state index contributed by atoms with van der Waals surface area (Å²) in [7, 11) is 0. The van der Waals surface area contributed by atoms with Gasteiger partial charge in [0.2, 0.25) is 0 Å². The van der Waals surface area contributed by atoms with Gasteiger partial charge >= 0.3 is 11.9 Å². The molecule has 4 rings (SSSR count). The minimum atomic E-state index is -0.944. The van der Waals surface area contributed by atoms with E-state index in [1.807, 2.05) is 88.4 Å². The van der Waals surface area contributed by atoms with Crippen LogP contribution in [0.5, 0.6) is 0 Å². The van der Waals surface area contributed by atoms with E-state index < -0.39 is 23.1 Å². The Morgan fingerprint density at radius 3 is 1.17 bits per heavy atom. The van der Waals surface area contributed by atoms with E-state index in [0.29, 0.717) is 10.0 Å². The summed E-state index contributed by atoms with van der Waals surface area (Å²) < 4.78 is 0. The molecule has 0 amide bonds. The smallest absolute Gasteiger partial charge is 0.241 e. The lowest BCUT2D eigenvalue weighted by molar-refractivity contribution is -0.410. The third-order valence-electron chi connectivity index (χ3n) is 5.89. The molecule has 0 radical (unpaired) electrons. The van der Waals surface area contributed by atoms with Crippen molar-refractivity contribution in [2.75, 3.05) is 0 Å². The fourth-order valence-corrected chi connectivity index (χ4v) is 4.43.